The van der Waals surface area contributed by atoms with Crippen molar-refractivity contribution >= 4 is 11.6 Å². The van der Waals surface area contributed by atoms with E-state index in [-0.39, 0.29) is 5.56 Å². The van der Waals surface area contributed by atoms with Gasteiger partial charge in [-0.05, 0) is 25.1 Å². The fraction of sp³-hybridized carbons (Fsp3) is 0.333. The lowest BCUT2D eigenvalue weighted by Gasteiger charge is -2.30. The second-order valence-corrected chi connectivity index (χ2v) is 5.21. The largest absolute Gasteiger partial charge is 0.490 e. The topological polar surface area (TPSA) is 70.2 Å². The average Bonchev–Trinajstić information content (AvgIpc) is 2.54. The van der Waals surface area contributed by atoms with E-state index in [2.05, 4.69) is 15.3 Å². The van der Waals surface area contributed by atoms with Gasteiger partial charge in [0.2, 0.25) is 5.95 Å². The van der Waals surface area contributed by atoms with Crippen molar-refractivity contribution in [1.29, 1.82) is 0 Å². The molecule has 21 heavy (non-hydrogen) atoms. The zero-order chi connectivity index (χ0) is 14.2. The van der Waals surface area contributed by atoms with Crippen LogP contribution in [0.5, 0.6) is 5.75 Å². The number of para-hydroxylation sites is 2. The molecule has 0 aliphatic carbocycles. The highest BCUT2D eigenvalue weighted by atomic mass is 16.5. The minimum Gasteiger partial charge on any atom is -0.490 e. The number of anilines is 2. The molecule has 2 N–H and O–H groups in total. The minimum absolute atomic E-state index is 0.0273. The molecular weight excluding hydrogens is 268 g/mol. The predicted molar refractivity (Wildman–Crippen MR) is 79.2 cm³/mol. The molecule has 0 bridgehead atoms. The second kappa shape index (κ2) is 4.89. The molecule has 0 unspecified atom stereocenters. The first-order chi connectivity index (χ1) is 10.3. The Morgan fingerprint density at radius 1 is 1.29 bits per heavy atom. The van der Waals surface area contributed by atoms with Crippen molar-refractivity contribution in [3.8, 4) is 5.75 Å². The van der Waals surface area contributed by atoms with Gasteiger partial charge in [0.25, 0.3) is 5.56 Å². The molecule has 0 radical (unpaired) electrons. The molecular formula is C15H16N4O2. The van der Waals surface area contributed by atoms with Crippen LogP contribution in [0.2, 0.25) is 0 Å². The van der Waals surface area contributed by atoms with E-state index in [1.165, 1.54) is 0 Å². The van der Waals surface area contributed by atoms with Gasteiger partial charge < -0.3 is 15.0 Å². The molecule has 2 aliphatic heterocycles. The molecule has 0 amide bonds. The molecule has 0 saturated heterocycles. The van der Waals surface area contributed by atoms with Gasteiger partial charge >= 0.3 is 0 Å². The minimum atomic E-state index is -0.0273. The van der Waals surface area contributed by atoms with Gasteiger partial charge in [0.15, 0.2) is 0 Å². The van der Waals surface area contributed by atoms with Crippen molar-refractivity contribution in [3.63, 3.8) is 0 Å². The predicted octanol–water partition coefficient (Wildman–Crippen LogP) is 0.946. The van der Waals surface area contributed by atoms with E-state index in [0.717, 1.165) is 35.7 Å². The third-order valence-corrected chi connectivity index (χ3v) is 3.92. The molecule has 0 spiro atoms. The van der Waals surface area contributed by atoms with E-state index >= 15 is 0 Å². The zero-order valence-corrected chi connectivity index (χ0v) is 11.6. The lowest BCUT2D eigenvalue weighted by atomic mass is 10.1. The fourth-order valence-corrected chi connectivity index (χ4v) is 2.87. The van der Waals surface area contributed by atoms with Crippen molar-refractivity contribution in [2.75, 3.05) is 24.6 Å². The Labute approximate surface area is 121 Å². The van der Waals surface area contributed by atoms with Crippen LogP contribution >= 0.6 is 0 Å². The van der Waals surface area contributed by atoms with Gasteiger partial charge in [0.05, 0.1) is 17.9 Å². The van der Waals surface area contributed by atoms with Crippen molar-refractivity contribution in [2.45, 2.75) is 13.0 Å². The number of nitrogens with one attached hydrogen (secondary N) is 2. The Kier molecular flexibility index (Phi) is 2.89. The summed E-state index contributed by atoms with van der Waals surface area (Å²) in [5.41, 5.74) is 2.57. The first-order valence-electron chi connectivity index (χ1n) is 7.15. The van der Waals surface area contributed by atoms with E-state index in [1.807, 2.05) is 29.2 Å². The second-order valence-electron chi connectivity index (χ2n) is 5.21. The number of benzene rings is 1. The number of rotatable bonds is 1. The van der Waals surface area contributed by atoms with Crippen molar-refractivity contribution in [2.24, 2.45) is 0 Å². The molecule has 0 fully saturated rings. The molecule has 1 aromatic heterocycles. The van der Waals surface area contributed by atoms with Crippen LogP contribution in [-0.4, -0.2) is 29.7 Å². The standard InChI is InChI=1S/C15H16N4O2/c20-14-10-5-6-16-9-11(10)17-15(18-14)19-7-8-21-13-4-2-1-3-12(13)19/h1-4,16H,5-9H2,(H,17,18,20). The van der Waals surface area contributed by atoms with Crippen LogP contribution in [0.15, 0.2) is 29.1 Å². The van der Waals surface area contributed by atoms with Crippen LogP contribution in [0, 0.1) is 0 Å². The summed E-state index contributed by atoms with van der Waals surface area (Å²) in [6, 6.07) is 7.81. The Hall–Kier alpha value is -2.34. The van der Waals surface area contributed by atoms with Gasteiger partial charge in [0, 0.05) is 12.1 Å². The van der Waals surface area contributed by atoms with Crippen LogP contribution in [0.3, 0.4) is 0 Å². The highest BCUT2D eigenvalue weighted by molar-refractivity contribution is 5.66. The lowest BCUT2D eigenvalue weighted by Crippen LogP contribution is -2.35. The van der Waals surface area contributed by atoms with Gasteiger partial charge in [0.1, 0.15) is 12.4 Å². The van der Waals surface area contributed by atoms with E-state index in [9.17, 15) is 4.79 Å². The van der Waals surface area contributed by atoms with Gasteiger partial charge in [-0.3, -0.25) is 9.78 Å². The number of hydrogen-bond acceptors (Lipinski definition) is 5. The molecule has 0 saturated carbocycles. The monoisotopic (exact) mass is 284 g/mol. The van der Waals surface area contributed by atoms with Gasteiger partial charge in [-0.15, -0.1) is 0 Å². The molecule has 2 aromatic rings. The first-order valence-corrected chi connectivity index (χ1v) is 7.15. The Morgan fingerprint density at radius 3 is 3.14 bits per heavy atom. The highest BCUT2D eigenvalue weighted by Crippen LogP contribution is 2.34. The number of nitrogens with zero attached hydrogens (tertiary/aromatic N) is 2. The number of hydrogen-bond donors (Lipinski definition) is 2. The summed E-state index contributed by atoms with van der Waals surface area (Å²) >= 11 is 0. The summed E-state index contributed by atoms with van der Waals surface area (Å²) in [6.07, 6.45) is 0.734. The molecule has 4 rings (SSSR count). The smallest absolute Gasteiger partial charge is 0.255 e. The summed E-state index contributed by atoms with van der Waals surface area (Å²) in [4.78, 5) is 21.8. The highest BCUT2D eigenvalue weighted by Gasteiger charge is 2.23. The van der Waals surface area contributed by atoms with E-state index < -0.39 is 0 Å². The third-order valence-electron chi connectivity index (χ3n) is 3.92. The van der Waals surface area contributed by atoms with E-state index in [4.69, 9.17) is 4.74 Å². The number of H-pyrrole nitrogens is 1. The van der Waals surface area contributed by atoms with Crippen LogP contribution in [0.25, 0.3) is 0 Å². The summed E-state index contributed by atoms with van der Waals surface area (Å²) in [5, 5.41) is 3.26. The summed E-state index contributed by atoms with van der Waals surface area (Å²) in [7, 11) is 0. The summed E-state index contributed by atoms with van der Waals surface area (Å²) < 4.78 is 5.64. The number of ether oxygens (including phenoxy) is 1. The average molecular weight is 284 g/mol. The Bertz CT molecular complexity index is 741. The molecule has 108 valence electrons. The lowest BCUT2D eigenvalue weighted by molar-refractivity contribution is 0.313. The maximum Gasteiger partial charge on any atom is 0.255 e. The van der Waals surface area contributed by atoms with Crippen molar-refractivity contribution in [1.82, 2.24) is 15.3 Å². The van der Waals surface area contributed by atoms with Gasteiger partial charge in [-0.25, -0.2) is 4.98 Å². The maximum absolute atomic E-state index is 12.3. The van der Waals surface area contributed by atoms with Crippen LogP contribution in [0.1, 0.15) is 11.3 Å². The first kappa shape index (κ1) is 12.4. The quantitative estimate of drug-likeness (QED) is 0.816. The molecule has 2 aliphatic rings. The van der Waals surface area contributed by atoms with Crippen LogP contribution in [-0.2, 0) is 13.0 Å². The zero-order valence-electron chi connectivity index (χ0n) is 11.6. The third kappa shape index (κ3) is 2.08. The molecule has 1 aromatic carbocycles. The molecule has 3 heterocycles. The molecule has 6 nitrogen and oxygen atoms in total. The van der Waals surface area contributed by atoms with Crippen molar-refractivity contribution in [3.05, 3.63) is 45.9 Å². The SMILES string of the molecule is O=c1[nH]c(N2CCOc3ccccc32)nc2c1CCNC2. The van der Waals surface area contributed by atoms with Crippen LogP contribution < -0.4 is 20.5 Å². The maximum atomic E-state index is 12.3. The Balaban J connectivity index is 1.81. The Morgan fingerprint density at radius 2 is 2.19 bits per heavy atom. The van der Waals surface area contributed by atoms with E-state index in [0.29, 0.717) is 25.6 Å². The number of fused-ring (bicyclic) bond motifs is 2. The fourth-order valence-electron chi connectivity index (χ4n) is 2.87. The van der Waals surface area contributed by atoms with Crippen LogP contribution in [0.4, 0.5) is 11.6 Å². The normalized spacial score (nSPS) is 16.9. The van der Waals surface area contributed by atoms with E-state index in [1.54, 1.807) is 0 Å². The van der Waals surface area contributed by atoms with Gasteiger partial charge in [-0.2, -0.15) is 0 Å². The number of aromatic amines is 1. The summed E-state index contributed by atoms with van der Waals surface area (Å²) in [5.74, 6) is 1.42. The summed E-state index contributed by atoms with van der Waals surface area (Å²) in [6.45, 7) is 2.73. The van der Waals surface area contributed by atoms with Gasteiger partial charge in [-0.1, -0.05) is 12.1 Å². The molecule has 0 atom stereocenters. The number of aromatic nitrogens is 2. The molecule has 6 heteroatoms. The van der Waals surface area contributed by atoms with Crippen molar-refractivity contribution < 1.29 is 4.74 Å².